The quantitative estimate of drug-likeness (QED) is 0.666. The van der Waals surface area contributed by atoms with Crippen LogP contribution in [0.3, 0.4) is 0 Å². The molecule has 0 aromatic heterocycles. The molecule has 1 heterocycles. The molecule has 88 valence electrons. The normalized spacial score (nSPS) is 33.2. The van der Waals surface area contributed by atoms with E-state index in [1.807, 2.05) is 0 Å². The van der Waals surface area contributed by atoms with E-state index >= 15 is 0 Å². The van der Waals surface area contributed by atoms with Crippen molar-refractivity contribution >= 4 is 15.2 Å². The lowest BCUT2D eigenvalue weighted by Crippen LogP contribution is -2.19. The van der Waals surface area contributed by atoms with Gasteiger partial charge >= 0.3 is 15.2 Å². The van der Waals surface area contributed by atoms with E-state index in [0.29, 0.717) is 0 Å². The van der Waals surface area contributed by atoms with Gasteiger partial charge in [0.2, 0.25) is 4.90 Å². The van der Waals surface area contributed by atoms with Crippen molar-refractivity contribution in [1.82, 2.24) is 0 Å². The first-order valence-electron chi connectivity index (χ1n) is 4.38. The minimum atomic E-state index is -4.82. The lowest BCUT2D eigenvalue weighted by molar-refractivity contribution is 0.333. The van der Waals surface area contributed by atoms with E-state index in [1.165, 1.54) is 18.2 Å². The van der Waals surface area contributed by atoms with Crippen LogP contribution in [0, 0.1) is 0 Å². The van der Waals surface area contributed by atoms with Crippen molar-refractivity contribution in [3.05, 3.63) is 29.8 Å². The Morgan fingerprint density at radius 2 is 1.94 bits per heavy atom. The molecule has 1 aliphatic heterocycles. The zero-order valence-corrected chi connectivity index (χ0v) is 10.1. The lowest BCUT2D eigenvalue weighted by Gasteiger charge is -2.26. The summed E-state index contributed by atoms with van der Waals surface area (Å²) < 4.78 is 28.0. The Hall–Kier alpha value is -0.640. The van der Waals surface area contributed by atoms with Gasteiger partial charge in [0.25, 0.3) is 0 Å². The Morgan fingerprint density at radius 3 is 2.50 bits per heavy atom. The third-order valence-electron chi connectivity index (χ3n) is 2.74. The molecule has 1 aromatic carbocycles. The van der Waals surface area contributed by atoms with Gasteiger partial charge in [-0.3, -0.25) is 4.57 Å². The fraction of sp³-hybridized carbons (Fsp3) is 0.250. The molecule has 1 aromatic rings. The summed E-state index contributed by atoms with van der Waals surface area (Å²) >= 11 is 0. The summed E-state index contributed by atoms with van der Waals surface area (Å²) in [6.45, 7) is 1.04. The Kier molecular flexibility index (Phi) is 2.36. The second-order valence-electron chi connectivity index (χ2n) is 3.67. The molecule has 2 rings (SSSR count). The molecule has 16 heavy (non-hydrogen) atoms. The molecule has 0 radical (unpaired) electrons. The smallest absolute Gasteiger partial charge is 0.399 e. The zero-order chi connectivity index (χ0) is 12.2. The maximum atomic E-state index is 11.8. The van der Waals surface area contributed by atoms with Gasteiger partial charge in [-0.2, -0.15) is 0 Å². The fourth-order valence-electron chi connectivity index (χ4n) is 1.63. The van der Waals surface area contributed by atoms with Crippen LogP contribution < -0.4 is 4.52 Å². The predicted molar refractivity (Wildman–Crippen MR) is 56.3 cm³/mol. The van der Waals surface area contributed by atoms with Gasteiger partial charge < -0.3 is 19.2 Å². The molecule has 0 aliphatic carbocycles. The van der Waals surface area contributed by atoms with Crippen LogP contribution in [-0.2, 0) is 14.0 Å². The summed E-state index contributed by atoms with van der Waals surface area (Å²) in [6, 6.07) is 5.87. The molecular weight excluding hydrogens is 254 g/mol. The summed E-state index contributed by atoms with van der Waals surface area (Å²) in [7, 11) is -9.25. The molecule has 6 nitrogen and oxygen atoms in total. The van der Waals surface area contributed by atoms with Crippen LogP contribution in [-0.4, -0.2) is 14.7 Å². The van der Waals surface area contributed by atoms with Crippen LogP contribution in [0.25, 0.3) is 0 Å². The van der Waals surface area contributed by atoms with Crippen molar-refractivity contribution in [2.45, 2.75) is 11.8 Å². The average Bonchev–Trinajstić information content (AvgIpc) is 2.35. The van der Waals surface area contributed by atoms with Gasteiger partial charge in [0, 0.05) is 5.56 Å². The molecule has 2 unspecified atom stereocenters. The van der Waals surface area contributed by atoms with Crippen molar-refractivity contribution in [3.63, 3.8) is 0 Å². The Morgan fingerprint density at radius 1 is 1.38 bits per heavy atom. The highest BCUT2D eigenvalue weighted by atomic mass is 31.2. The molecular formula is C8H10O6P2. The molecule has 8 heteroatoms. The van der Waals surface area contributed by atoms with Gasteiger partial charge in [-0.25, -0.2) is 4.57 Å². The first-order chi connectivity index (χ1) is 7.20. The van der Waals surface area contributed by atoms with E-state index in [9.17, 15) is 23.8 Å². The minimum Gasteiger partial charge on any atom is -0.423 e. The van der Waals surface area contributed by atoms with E-state index in [1.54, 1.807) is 6.07 Å². The molecule has 0 saturated heterocycles. The Labute approximate surface area is 91.6 Å². The number of rotatable bonds is 1. The second-order valence-corrected chi connectivity index (χ2v) is 8.13. The average molecular weight is 264 g/mol. The number of para-hydroxylation sites is 1. The largest absolute Gasteiger partial charge is 0.423 e. The second kappa shape index (κ2) is 3.19. The molecule has 0 fully saturated rings. The summed E-state index contributed by atoms with van der Waals surface area (Å²) in [5.74, 6) is 0.0409. The van der Waals surface area contributed by atoms with E-state index in [0.717, 1.165) is 6.92 Å². The van der Waals surface area contributed by atoms with Crippen LogP contribution in [0.2, 0.25) is 0 Å². The van der Waals surface area contributed by atoms with Crippen LogP contribution >= 0.6 is 15.2 Å². The molecule has 0 spiro atoms. The van der Waals surface area contributed by atoms with Crippen molar-refractivity contribution in [2.75, 3.05) is 0 Å². The fourth-order valence-corrected chi connectivity index (χ4v) is 4.66. The standard InChI is InChI=1S/C8H10O6P2/c1-8(15(9,10)11)6-4-2-3-5-7(6)14-16(8,12)13/h2-5H,1H3,(H,12,13)(H2,9,10,11). The first kappa shape index (κ1) is 11.8. The summed E-state index contributed by atoms with van der Waals surface area (Å²) in [5.41, 5.74) is 0.0640. The van der Waals surface area contributed by atoms with Crippen LogP contribution in [0.4, 0.5) is 0 Å². The van der Waals surface area contributed by atoms with Gasteiger partial charge in [-0.05, 0) is 13.0 Å². The third kappa shape index (κ3) is 1.32. The summed E-state index contributed by atoms with van der Waals surface area (Å²) in [6.07, 6.45) is 0. The van der Waals surface area contributed by atoms with Crippen molar-refractivity contribution in [3.8, 4) is 5.75 Å². The van der Waals surface area contributed by atoms with Gasteiger partial charge in [-0.15, -0.1) is 0 Å². The lowest BCUT2D eigenvalue weighted by atomic mass is 10.1. The SMILES string of the molecule is CC1(P(=O)(O)O)c2ccccc2OP1(=O)O. The summed E-state index contributed by atoms with van der Waals surface area (Å²) in [4.78, 5) is 25.9. The van der Waals surface area contributed by atoms with Gasteiger partial charge in [0.05, 0.1) is 0 Å². The molecule has 1 aliphatic rings. The molecule has 0 saturated carbocycles. The monoisotopic (exact) mass is 264 g/mol. The molecule has 2 atom stereocenters. The predicted octanol–water partition coefficient (Wildman–Crippen LogP) is 1.61. The third-order valence-corrected chi connectivity index (χ3v) is 7.44. The number of benzene rings is 1. The van der Waals surface area contributed by atoms with E-state index < -0.39 is 20.1 Å². The number of hydrogen-bond acceptors (Lipinski definition) is 3. The van der Waals surface area contributed by atoms with E-state index in [-0.39, 0.29) is 11.3 Å². The number of fused-ring (bicyclic) bond motifs is 1. The maximum Gasteiger partial charge on any atom is 0.399 e. The highest BCUT2D eigenvalue weighted by molar-refractivity contribution is 7.72. The zero-order valence-electron chi connectivity index (χ0n) is 8.27. The molecule has 0 amide bonds. The maximum absolute atomic E-state index is 11.8. The molecule has 3 N–H and O–H groups in total. The van der Waals surface area contributed by atoms with E-state index in [4.69, 9.17) is 4.52 Å². The van der Waals surface area contributed by atoms with Gasteiger partial charge in [0.1, 0.15) is 5.75 Å². The number of hydrogen-bond donors (Lipinski definition) is 3. The van der Waals surface area contributed by atoms with Gasteiger partial charge in [-0.1, -0.05) is 18.2 Å². The van der Waals surface area contributed by atoms with Crippen molar-refractivity contribution in [1.29, 1.82) is 0 Å². The Bertz CT molecular complexity index is 535. The van der Waals surface area contributed by atoms with Crippen LogP contribution in [0.5, 0.6) is 5.75 Å². The Balaban J connectivity index is 2.78. The van der Waals surface area contributed by atoms with Crippen LogP contribution in [0.1, 0.15) is 12.5 Å². The van der Waals surface area contributed by atoms with Crippen molar-refractivity contribution < 1.29 is 28.3 Å². The highest BCUT2D eigenvalue weighted by Gasteiger charge is 2.65. The van der Waals surface area contributed by atoms with E-state index in [2.05, 4.69) is 0 Å². The first-order valence-corrected chi connectivity index (χ1v) is 7.57. The topological polar surface area (TPSA) is 104 Å². The van der Waals surface area contributed by atoms with Crippen molar-refractivity contribution in [2.24, 2.45) is 0 Å². The van der Waals surface area contributed by atoms with Crippen LogP contribution in [0.15, 0.2) is 24.3 Å². The van der Waals surface area contributed by atoms with Gasteiger partial charge in [0.15, 0.2) is 0 Å². The highest BCUT2D eigenvalue weighted by Crippen LogP contribution is 2.80. The molecule has 0 bridgehead atoms. The minimum absolute atomic E-state index is 0.0409. The summed E-state index contributed by atoms with van der Waals surface area (Å²) in [5, 5.41) is 0.